The van der Waals surface area contributed by atoms with Crippen LogP contribution in [-0.2, 0) is 0 Å². The number of rotatable bonds is 2. The second kappa shape index (κ2) is 3.91. The lowest BCUT2D eigenvalue weighted by molar-refractivity contribution is 0.104. The number of carbonyl (C=O) groups excluding carboxylic acids is 1. The first-order chi connectivity index (χ1) is 8.36. The number of hydrogen-bond acceptors (Lipinski definition) is 1. The fourth-order valence-corrected chi connectivity index (χ4v) is 1.93. The number of fused-ring (bicyclic) bond motifs is 1. The van der Waals surface area contributed by atoms with Gasteiger partial charge in [0.15, 0.2) is 5.78 Å². The molecule has 0 saturated carbocycles. The van der Waals surface area contributed by atoms with E-state index in [0.717, 1.165) is 5.52 Å². The molecular weight excluding hydrogens is 210 g/mol. The van der Waals surface area contributed by atoms with Gasteiger partial charge in [-0.2, -0.15) is 0 Å². The average molecular weight is 220 g/mol. The summed E-state index contributed by atoms with van der Waals surface area (Å²) < 4.78 is 1.94. The van der Waals surface area contributed by atoms with Gasteiger partial charge in [0, 0.05) is 23.5 Å². The summed E-state index contributed by atoms with van der Waals surface area (Å²) in [4.78, 5) is 12.3. The van der Waals surface area contributed by atoms with Crippen molar-refractivity contribution in [3.63, 3.8) is 0 Å². The molecule has 3 rings (SSSR count). The highest BCUT2D eigenvalue weighted by Crippen LogP contribution is 2.16. The lowest BCUT2D eigenvalue weighted by atomic mass is 10.0. The average Bonchev–Trinajstić information content (AvgIpc) is 2.83. The third kappa shape index (κ3) is 1.64. The van der Waals surface area contributed by atoms with Crippen LogP contribution in [0.1, 0.15) is 15.9 Å². The molecule has 2 nitrogen and oxygen atoms in total. The van der Waals surface area contributed by atoms with Crippen molar-refractivity contribution in [2.24, 2.45) is 0 Å². The summed E-state index contributed by atoms with van der Waals surface area (Å²) in [6.45, 7) is 0. The smallest absolute Gasteiger partial charge is 0.195 e. The predicted octanol–water partition coefficient (Wildman–Crippen LogP) is 2.97. The van der Waals surface area contributed by atoms with Crippen LogP contribution in [0.5, 0.6) is 0 Å². The molecular formula is C15H10NO. The van der Waals surface area contributed by atoms with E-state index < -0.39 is 0 Å². The van der Waals surface area contributed by atoms with Gasteiger partial charge >= 0.3 is 0 Å². The zero-order valence-electron chi connectivity index (χ0n) is 9.13. The Hall–Kier alpha value is -2.35. The van der Waals surface area contributed by atoms with Crippen LogP contribution in [0.15, 0.2) is 60.9 Å². The van der Waals surface area contributed by atoms with Crippen molar-refractivity contribution >= 4 is 11.3 Å². The van der Waals surface area contributed by atoms with Crippen LogP contribution in [0.3, 0.4) is 0 Å². The van der Waals surface area contributed by atoms with E-state index in [9.17, 15) is 4.79 Å². The minimum absolute atomic E-state index is 0.0132. The molecule has 0 saturated heterocycles. The number of pyridine rings is 1. The second-order valence-electron chi connectivity index (χ2n) is 3.83. The van der Waals surface area contributed by atoms with Crippen molar-refractivity contribution in [1.29, 1.82) is 0 Å². The van der Waals surface area contributed by atoms with Gasteiger partial charge in [0.25, 0.3) is 0 Å². The lowest BCUT2D eigenvalue weighted by Crippen LogP contribution is -2.00. The zero-order chi connectivity index (χ0) is 11.7. The molecule has 0 amide bonds. The molecule has 0 N–H and O–H groups in total. The Morgan fingerprint density at radius 3 is 2.71 bits per heavy atom. The van der Waals surface area contributed by atoms with Crippen LogP contribution in [-0.4, -0.2) is 10.2 Å². The summed E-state index contributed by atoms with van der Waals surface area (Å²) in [5, 5.41) is 0. The van der Waals surface area contributed by atoms with Gasteiger partial charge in [-0.15, -0.1) is 0 Å². The van der Waals surface area contributed by atoms with Gasteiger partial charge in [0.05, 0.1) is 5.52 Å². The van der Waals surface area contributed by atoms with Crippen molar-refractivity contribution in [3.05, 3.63) is 78.1 Å². The second-order valence-corrected chi connectivity index (χ2v) is 3.83. The highest BCUT2D eigenvalue weighted by Gasteiger charge is 2.12. The number of nitrogens with zero attached hydrogens (tertiary/aromatic N) is 1. The van der Waals surface area contributed by atoms with Crippen molar-refractivity contribution in [2.45, 2.75) is 0 Å². The third-order valence-electron chi connectivity index (χ3n) is 2.77. The minimum Gasteiger partial charge on any atom is -0.323 e. The highest BCUT2D eigenvalue weighted by molar-refractivity contribution is 6.13. The molecule has 81 valence electrons. The molecule has 0 atom stereocenters. The SMILES string of the molecule is O=C(c1[c]cccc1)c1ccn2ccccc12. The van der Waals surface area contributed by atoms with Crippen molar-refractivity contribution in [1.82, 2.24) is 4.40 Å². The monoisotopic (exact) mass is 220 g/mol. The summed E-state index contributed by atoms with van der Waals surface area (Å²) in [6, 6.07) is 17.9. The summed E-state index contributed by atoms with van der Waals surface area (Å²) in [5.41, 5.74) is 2.24. The molecule has 2 heteroatoms. The third-order valence-corrected chi connectivity index (χ3v) is 2.77. The largest absolute Gasteiger partial charge is 0.323 e. The number of carbonyl (C=O) groups is 1. The van der Waals surface area contributed by atoms with E-state index in [-0.39, 0.29) is 5.78 Å². The maximum atomic E-state index is 12.3. The van der Waals surface area contributed by atoms with Crippen molar-refractivity contribution < 1.29 is 4.79 Å². The molecule has 0 aliphatic heterocycles. The molecule has 2 aromatic heterocycles. The van der Waals surface area contributed by atoms with E-state index in [1.165, 1.54) is 0 Å². The Morgan fingerprint density at radius 2 is 1.88 bits per heavy atom. The molecule has 2 heterocycles. The van der Waals surface area contributed by atoms with Crippen LogP contribution in [0.4, 0.5) is 0 Å². The van der Waals surface area contributed by atoms with E-state index in [0.29, 0.717) is 11.1 Å². The summed E-state index contributed by atoms with van der Waals surface area (Å²) in [7, 11) is 0. The normalized spacial score (nSPS) is 10.6. The summed E-state index contributed by atoms with van der Waals surface area (Å²) in [5.74, 6) is 0.0132. The maximum Gasteiger partial charge on any atom is 0.195 e. The molecule has 1 aromatic carbocycles. The van der Waals surface area contributed by atoms with Crippen LogP contribution >= 0.6 is 0 Å². The van der Waals surface area contributed by atoms with Gasteiger partial charge in [-0.1, -0.05) is 30.3 Å². The molecule has 0 bridgehead atoms. The van der Waals surface area contributed by atoms with Gasteiger partial charge < -0.3 is 4.40 Å². The number of benzene rings is 1. The van der Waals surface area contributed by atoms with Gasteiger partial charge in [-0.3, -0.25) is 4.79 Å². The standard InChI is InChI=1S/C15H10NO/c17-15(12-6-2-1-3-7-12)13-9-11-16-10-5-4-8-14(13)16/h1-6,8-11H. The van der Waals surface area contributed by atoms with E-state index in [1.54, 1.807) is 12.1 Å². The number of aromatic nitrogens is 1. The van der Waals surface area contributed by atoms with E-state index in [4.69, 9.17) is 0 Å². The van der Waals surface area contributed by atoms with Crippen LogP contribution in [0.2, 0.25) is 0 Å². The molecule has 1 radical (unpaired) electrons. The van der Waals surface area contributed by atoms with Crippen LogP contribution in [0.25, 0.3) is 5.52 Å². The highest BCUT2D eigenvalue weighted by atomic mass is 16.1. The first-order valence-corrected chi connectivity index (χ1v) is 5.43. The van der Waals surface area contributed by atoms with Crippen LogP contribution < -0.4 is 0 Å². The Bertz CT molecular complexity index is 667. The molecule has 17 heavy (non-hydrogen) atoms. The Kier molecular flexibility index (Phi) is 2.26. The number of ketones is 1. The van der Waals surface area contributed by atoms with E-state index >= 15 is 0 Å². The summed E-state index contributed by atoms with van der Waals surface area (Å²) >= 11 is 0. The Balaban J connectivity index is 2.14. The number of hydrogen-bond donors (Lipinski definition) is 0. The quantitative estimate of drug-likeness (QED) is 0.608. The molecule has 0 fully saturated rings. The van der Waals surface area contributed by atoms with Gasteiger partial charge in [-0.25, -0.2) is 0 Å². The van der Waals surface area contributed by atoms with E-state index in [1.807, 2.05) is 53.2 Å². The van der Waals surface area contributed by atoms with Crippen molar-refractivity contribution in [3.8, 4) is 0 Å². The fourth-order valence-electron chi connectivity index (χ4n) is 1.93. The molecule has 0 unspecified atom stereocenters. The first kappa shape index (κ1) is 9.85. The summed E-state index contributed by atoms with van der Waals surface area (Å²) in [6.07, 6.45) is 3.83. The van der Waals surface area contributed by atoms with Gasteiger partial charge in [0.1, 0.15) is 0 Å². The minimum atomic E-state index is 0.0132. The van der Waals surface area contributed by atoms with E-state index in [2.05, 4.69) is 6.07 Å². The Labute approximate surface area is 99.1 Å². The zero-order valence-corrected chi connectivity index (χ0v) is 9.13. The molecule has 0 spiro atoms. The van der Waals surface area contributed by atoms with Gasteiger partial charge in [-0.05, 0) is 24.3 Å². The lowest BCUT2D eigenvalue weighted by Gasteiger charge is -1.99. The van der Waals surface area contributed by atoms with Crippen LogP contribution in [0, 0.1) is 6.07 Å². The fraction of sp³-hybridized carbons (Fsp3) is 0. The topological polar surface area (TPSA) is 21.5 Å². The molecule has 3 aromatic rings. The molecule has 0 aliphatic rings. The van der Waals surface area contributed by atoms with Crippen molar-refractivity contribution in [2.75, 3.05) is 0 Å². The first-order valence-electron chi connectivity index (χ1n) is 5.43. The predicted molar refractivity (Wildman–Crippen MR) is 66.1 cm³/mol. The van der Waals surface area contributed by atoms with Gasteiger partial charge in [0.2, 0.25) is 0 Å². The molecule has 0 aliphatic carbocycles. The maximum absolute atomic E-state index is 12.3. The Morgan fingerprint density at radius 1 is 1.00 bits per heavy atom.